The number of alkyl halides is 1. The van der Waals surface area contributed by atoms with E-state index >= 15 is 4.39 Å². The molecule has 4 N–H and O–H groups in total. The van der Waals surface area contributed by atoms with Crippen molar-refractivity contribution in [2.75, 3.05) is 131 Å². The van der Waals surface area contributed by atoms with E-state index in [1.165, 1.54) is 137 Å². The molecule has 8 saturated heterocycles. The Kier molecular flexibility index (Phi) is 41.5. The van der Waals surface area contributed by atoms with Gasteiger partial charge in [0.25, 0.3) is 0 Å². The number of hydrogen-bond donors (Lipinski definition) is 4. The van der Waals surface area contributed by atoms with Gasteiger partial charge < -0.3 is 40.0 Å². The average Bonchev–Trinajstić information content (AvgIpc) is 1.62. The van der Waals surface area contributed by atoms with Gasteiger partial charge in [0.15, 0.2) is 0 Å². The number of aliphatic carboxylic acids is 4. The summed E-state index contributed by atoms with van der Waals surface area (Å²) in [5, 5.41) is 40.4. The van der Waals surface area contributed by atoms with E-state index in [-0.39, 0.29) is 70.4 Å². The summed E-state index contributed by atoms with van der Waals surface area (Å²) in [6.07, 6.45) is 35.5. The lowest BCUT2D eigenvalue weighted by Crippen LogP contribution is -2.46. The molecule has 0 bridgehead atoms. The molecule has 7 aromatic carbocycles. The third-order valence-electron chi connectivity index (χ3n) is 36.9. The zero-order valence-electron chi connectivity index (χ0n) is 87.6. The van der Waals surface area contributed by atoms with Crippen LogP contribution in [0.2, 0.25) is 0 Å². The predicted octanol–water partition coefficient (Wildman–Crippen LogP) is 24.7. The number of halogens is 9. The van der Waals surface area contributed by atoms with Gasteiger partial charge in [0, 0.05) is 127 Å². The molecule has 16 nitrogen and oxygen atoms in total. The van der Waals surface area contributed by atoms with Gasteiger partial charge in [-0.15, -0.1) is 0 Å². The molecule has 0 unspecified atom stereocenters. The molecular formula is C123H165F9N8O8. The number of likely N-dealkylation sites (tertiary alicyclic amines) is 8. The number of benzene rings is 7. The van der Waals surface area contributed by atoms with Gasteiger partial charge in [0.2, 0.25) is 0 Å². The fourth-order valence-corrected chi connectivity index (χ4v) is 27.6. The van der Waals surface area contributed by atoms with Crippen LogP contribution in [0.3, 0.4) is 0 Å². The molecule has 0 radical (unpaired) electrons. The quantitative estimate of drug-likeness (QED) is 0.0266. The summed E-state index contributed by atoms with van der Waals surface area (Å²) >= 11 is 0. The monoisotopic (exact) mass is 2050 g/mol. The Morgan fingerprint density at radius 2 is 0.703 bits per heavy atom. The SMILES string of the molecule is CCCC1CCN(C[C@@H]2CN([C@@H](C(=O)O)C3CCCCC3)C[C@H]2c2ccccc2)CC1.O=C(O)[C@@H](CC1CCC1)N1C[C@H](CN2CCC(CCCc3c(F)cccc3F)CC2)[C@@H](c2cccc(F)c2)C1.O=C(O)[C@@H](CC1CCC1)N1C[C@H](CN2CCC(CCCc3ccc(F)cc3F)CC2)[C@@H](c2cccc(F)c2)C1.O=C(O)[C@@H](CC1CCC1)N1C[C@H](CN2CCC(F)(CCCc3ccc(F)cc3)CC2)[C@@H](c2cccc(F)c2)C1. The van der Waals surface area contributed by atoms with Gasteiger partial charge in [0.1, 0.15) is 76.4 Å². The largest absolute Gasteiger partial charge is 0.480 e. The molecule has 148 heavy (non-hydrogen) atoms. The molecule has 12 atom stereocenters. The second kappa shape index (κ2) is 54.8. The van der Waals surface area contributed by atoms with Crippen molar-refractivity contribution in [2.24, 2.45) is 65.1 Å². The minimum atomic E-state index is -1.18. The summed E-state index contributed by atoms with van der Waals surface area (Å²) in [5.74, 6) is 0.0557. The first-order chi connectivity index (χ1) is 71.6. The standard InChI is InChI=1S/3C32H41F3N2O2.C27H42N2O2/c33-26-9-3-8-24(18-26)28-21-37(31(32(38)39)17-23-6-1-7-23)20-25(28)19-36-15-13-22(14-16-36)5-2-10-27-29(34)11-4-12-30(27)35;33-27-9-3-8-25(17-27)29-21-37(31(32(38)39)16-23-5-1-6-23)20-26(29)19-36-14-12-22(13-15-36)4-2-7-24-10-11-28(34)18-30(24)35;33-27-11-9-23(10-12-27)6-3-13-32(35)14-16-36(17-15-32)20-26-21-37(30(31(38)39)18-24-4-1-5-24)22-29(26)25-7-2-8-28(34)19-25;1-2-9-21-14-16-28(17-15-21)18-24-19-29(20-25(24)22-10-5-3-6-11-22)26(27(30)31)23-12-7-4-8-13-23/h3-4,8-9,11-12,18,22-23,25,28,31H,1-2,5-7,10,13-17,19-21H2,(H,38,39);3,8-11,17-18,22-23,26,29,31H,1-2,4-7,12-16,19-21H2,(H,38,39);2,7-12,19,24,26,29-30H,1,3-6,13-18,20-22H2,(H,38,39);3,5-6,10-11,21,23-26H,2,4,7-9,12-20H2,1H3,(H,30,31)/t25-,28+,31+;26-,29+,31+;26-,29+,30+;24-,25+,26-/m0001/s1. The topological polar surface area (TPSA) is 175 Å². The summed E-state index contributed by atoms with van der Waals surface area (Å²) < 4.78 is 126. The van der Waals surface area contributed by atoms with Crippen molar-refractivity contribution in [1.82, 2.24) is 39.2 Å². The van der Waals surface area contributed by atoms with Crippen LogP contribution < -0.4 is 0 Å². The highest BCUT2D eigenvalue weighted by Crippen LogP contribution is 2.47. The predicted molar refractivity (Wildman–Crippen MR) is 565 cm³/mol. The summed E-state index contributed by atoms with van der Waals surface area (Å²) in [5.41, 5.74) is 4.88. The minimum Gasteiger partial charge on any atom is -0.480 e. The third kappa shape index (κ3) is 31.6. The van der Waals surface area contributed by atoms with Crippen LogP contribution in [0.25, 0.3) is 0 Å². The first kappa shape index (κ1) is 112. The van der Waals surface area contributed by atoms with Crippen molar-refractivity contribution in [3.63, 3.8) is 0 Å². The van der Waals surface area contributed by atoms with Crippen LogP contribution in [0, 0.1) is 112 Å². The number of piperidine rings is 4. The Morgan fingerprint density at radius 3 is 1.09 bits per heavy atom. The maximum Gasteiger partial charge on any atom is 0.321 e. The number of carbonyl (C=O) groups is 4. The van der Waals surface area contributed by atoms with E-state index in [9.17, 15) is 74.7 Å². The highest BCUT2D eigenvalue weighted by atomic mass is 19.2. The summed E-state index contributed by atoms with van der Waals surface area (Å²) in [7, 11) is 0. The van der Waals surface area contributed by atoms with Crippen LogP contribution in [0.1, 0.15) is 281 Å². The Hall–Kier alpha value is -8.53. The maximum absolute atomic E-state index is 15.6. The summed E-state index contributed by atoms with van der Waals surface area (Å²) in [6, 6.07) is 43.9. The smallest absolute Gasteiger partial charge is 0.321 e. The molecule has 19 rings (SSSR count). The summed E-state index contributed by atoms with van der Waals surface area (Å²) in [4.78, 5) is 67.9. The number of aryl methyl sites for hydroxylation is 2. The lowest BCUT2D eigenvalue weighted by atomic mass is 9.80. The Morgan fingerprint density at radius 1 is 0.331 bits per heavy atom. The lowest BCUT2D eigenvalue weighted by Gasteiger charge is -2.38. The van der Waals surface area contributed by atoms with Crippen LogP contribution in [-0.4, -0.2) is 244 Å². The summed E-state index contributed by atoms with van der Waals surface area (Å²) in [6.45, 7) is 19.5. The molecule has 8 heterocycles. The van der Waals surface area contributed by atoms with Crippen molar-refractivity contribution >= 4 is 23.9 Å². The van der Waals surface area contributed by atoms with Gasteiger partial charge >= 0.3 is 23.9 Å². The minimum absolute atomic E-state index is 0.0525. The second-order valence-electron chi connectivity index (χ2n) is 46.9. The average molecular weight is 2050 g/mol. The molecule has 4 saturated carbocycles. The van der Waals surface area contributed by atoms with Gasteiger partial charge in [-0.1, -0.05) is 201 Å². The molecular weight excluding hydrogens is 1890 g/mol. The normalized spacial score (nSPS) is 25.1. The molecule has 0 amide bonds. The van der Waals surface area contributed by atoms with E-state index in [1.54, 1.807) is 54.6 Å². The van der Waals surface area contributed by atoms with Gasteiger partial charge in [-0.25, -0.2) is 39.5 Å². The highest BCUT2D eigenvalue weighted by molar-refractivity contribution is 5.75. The zero-order valence-corrected chi connectivity index (χ0v) is 87.6. The van der Waals surface area contributed by atoms with E-state index in [0.717, 1.165) is 228 Å². The Labute approximate surface area is 874 Å². The van der Waals surface area contributed by atoms with Crippen LogP contribution in [0.5, 0.6) is 0 Å². The Bertz CT molecular complexity index is 5270. The van der Waals surface area contributed by atoms with E-state index < -0.39 is 70.9 Å². The van der Waals surface area contributed by atoms with Crippen molar-refractivity contribution in [3.05, 3.63) is 249 Å². The number of rotatable bonds is 41. The van der Waals surface area contributed by atoms with Crippen molar-refractivity contribution in [2.45, 2.75) is 292 Å². The van der Waals surface area contributed by atoms with E-state index in [0.29, 0.717) is 144 Å². The molecule has 12 fully saturated rings. The van der Waals surface area contributed by atoms with Gasteiger partial charge in [-0.05, 0) is 333 Å². The van der Waals surface area contributed by atoms with Crippen molar-refractivity contribution < 1.29 is 79.1 Å². The molecule has 25 heteroatoms. The molecule has 0 spiro atoms. The third-order valence-corrected chi connectivity index (χ3v) is 36.9. The van der Waals surface area contributed by atoms with Crippen LogP contribution in [-0.2, 0) is 38.4 Å². The molecule has 4 aliphatic carbocycles. The van der Waals surface area contributed by atoms with Gasteiger partial charge in [-0.3, -0.25) is 38.8 Å². The molecule has 12 aliphatic rings. The fourth-order valence-electron chi connectivity index (χ4n) is 27.6. The number of nitrogens with zero attached hydrogens (tertiary/aromatic N) is 8. The fraction of sp³-hybridized carbons (Fsp3) is 0.626. The molecule has 808 valence electrons. The van der Waals surface area contributed by atoms with Crippen LogP contribution >= 0.6 is 0 Å². The van der Waals surface area contributed by atoms with Gasteiger partial charge in [-0.2, -0.15) is 0 Å². The molecule has 0 aromatic heterocycles. The first-order valence-electron chi connectivity index (χ1n) is 57.0. The van der Waals surface area contributed by atoms with Crippen molar-refractivity contribution in [3.8, 4) is 0 Å². The van der Waals surface area contributed by atoms with E-state index in [1.807, 2.05) is 18.2 Å². The maximum atomic E-state index is 15.6. The number of carboxylic acid groups (broad SMARTS) is 4. The van der Waals surface area contributed by atoms with Crippen molar-refractivity contribution in [1.29, 1.82) is 0 Å². The number of carboxylic acids is 4. The molecule has 7 aromatic rings. The highest BCUT2D eigenvalue weighted by Gasteiger charge is 2.49. The van der Waals surface area contributed by atoms with Crippen LogP contribution in [0.15, 0.2) is 164 Å². The first-order valence-corrected chi connectivity index (χ1v) is 57.0. The Balaban J connectivity index is 0.000000141. The van der Waals surface area contributed by atoms with E-state index in [2.05, 4.69) is 76.5 Å². The van der Waals surface area contributed by atoms with Crippen LogP contribution in [0.4, 0.5) is 39.5 Å². The van der Waals surface area contributed by atoms with Gasteiger partial charge in [0.05, 0.1) is 0 Å². The molecule has 8 aliphatic heterocycles. The van der Waals surface area contributed by atoms with E-state index in [4.69, 9.17) is 0 Å². The second-order valence-corrected chi connectivity index (χ2v) is 46.9. The number of hydrogen-bond acceptors (Lipinski definition) is 12. The lowest BCUT2D eigenvalue weighted by molar-refractivity contribution is -0.146. The zero-order chi connectivity index (χ0) is 104.